The molecule has 2 heterocycles. The van der Waals surface area contributed by atoms with E-state index in [0.29, 0.717) is 11.1 Å². The quantitative estimate of drug-likeness (QED) is 0.830. The highest BCUT2D eigenvalue weighted by Gasteiger charge is 2.35. The molecule has 8 heteroatoms. The number of rotatable bonds is 3. The molecule has 0 bridgehead atoms. The van der Waals surface area contributed by atoms with Crippen molar-refractivity contribution in [2.45, 2.75) is 12.5 Å². The van der Waals surface area contributed by atoms with Crippen LogP contribution in [0.1, 0.15) is 17.2 Å². The molecule has 0 spiro atoms. The summed E-state index contributed by atoms with van der Waals surface area (Å²) in [6, 6.07) is 5.52. The number of hydrogen-bond donors (Lipinski definition) is 0. The number of nitrogens with zero attached hydrogens (tertiary/aromatic N) is 3. The first kappa shape index (κ1) is 16.6. The maximum Gasteiger partial charge on any atom is 0.227 e. The maximum atomic E-state index is 13.8. The SMILES string of the molecule is Cn1cc([C@H]2CS(=O)(=O)CCN2C(=O)Cc2ccccc2F)cn1. The lowest BCUT2D eigenvalue weighted by Crippen LogP contribution is -2.46. The number of carbonyl (C=O) groups is 1. The van der Waals surface area contributed by atoms with Crippen LogP contribution in [0.2, 0.25) is 0 Å². The molecule has 0 saturated carbocycles. The predicted molar refractivity (Wildman–Crippen MR) is 86.4 cm³/mol. The van der Waals surface area contributed by atoms with E-state index in [0.717, 1.165) is 0 Å². The highest BCUT2D eigenvalue weighted by molar-refractivity contribution is 7.91. The first-order valence-corrected chi connectivity index (χ1v) is 9.40. The highest BCUT2D eigenvalue weighted by atomic mass is 32.2. The fourth-order valence-electron chi connectivity index (χ4n) is 2.90. The van der Waals surface area contributed by atoms with Crippen molar-refractivity contribution in [2.75, 3.05) is 18.1 Å². The second-order valence-electron chi connectivity index (χ2n) is 5.93. The van der Waals surface area contributed by atoms with E-state index in [2.05, 4.69) is 5.10 Å². The van der Waals surface area contributed by atoms with Crippen molar-refractivity contribution < 1.29 is 17.6 Å². The van der Waals surface area contributed by atoms with Gasteiger partial charge in [-0.05, 0) is 11.6 Å². The van der Waals surface area contributed by atoms with Crippen LogP contribution in [0.15, 0.2) is 36.7 Å². The Morgan fingerprint density at radius 2 is 2.12 bits per heavy atom. The molecule has 1 fully saturated rings. The molecule has 1 atom stereocenters. The van der Waals surface area contributed by atoms with Gasteiger partial charge in [0.1, 0.15) is 5.82 Å². The topological polar surface area (TPSA) is 72.3 Å². The van der Waals surface area contributed by atoms with Gasteiger partial charge in [-0.1, -0.05) is 18.2 Å². The summed E-state index contributed by atoms with van der Waals surface area (Å²) in [7, 11) is -1.49. The Labute approximate surface area is 139 Å². The number of hydrogen-bond acceptors (Lipinski definition) is 4. The minimum atomic E-state index is -3.22. The van der Waals surface area contributed by atoms with Gasteiger partial charge in [-0.2, -0.15) is 5.10 Å². The molecular formula is C16H18FN3O3S. The average molecular weight is 351 g/mol. The van der Waals surface area contributed by atoms with Crippen LogP contribution in [-0.2, 0) is 28.1 Å². The molecule has 1 amide bonds. The standard InChI is InChI=1S/C16H18FN3O3S/c1-19-10-13(9-18-19)15-11-24(22,23)7-6-20(15)16(21)8-12-4-2-3-5-14(12)17/h2-5,9-10,15H,6-8,11H2,1H3/t15-/m1/s1. The molecule has 1 aliphatic rings. The van der Waals surface area contributed by atoms with Crippen LogP contribution in [0.4, 0.5) is 4.39 Å². The zero-order valence-electron chi connectivity index (χ0n) is 13.2. The summed E-state index contributed by atoms with van der Waals surface area (Å²) in [5, 5.41) is 4.06. The monoisotopic (exact) mass is 351 g/mol. The number of halogens is 1. The number of aromatic nitrogens is 2. The van der Waals surface area contributed by atoms with E-state index in [1.807, 2.05) is 0 Å². The van der Waals surface area contributed by atoms with Crippen LogP contribution in [-0.4, -0.2) is 47.1 Å². The molecule has 3 rings (SSSR count). The third-order valence-electron chi connectivity index (χ3n) is 4.16. The van der Waals surface area contributed by atoms with Crippen molar-refractivity contribution in [1.82, 2.24) is 14.7 Å². The fourth-order valence-corrected chi connectivity index (χ4v) is 4.40. The van der Waals surface area contributed by atoms with Crippen LogP contribution in [0.5, 0.6) is 0 Å². The van der Waals surface area contributed by atoms with Gasteiger partial charge in [0.15, 0.2) is 9.84 Å². The Hall–Kier alpha value is -2.22. The molecule has 0 unspecified atom stereocenters. The molecule has 1 aromatic carbocycles. The van der Waals surface area contributed by atoms with Crippen molar-refractivity contribution in [3.63, 3.8) is 0 Å². The van der Waals surface area contributed by atoms with E-state index in [1.165, 1.54) is 11.0 Å². The summed E-state index contributed by atoms with van der Waals surface area (Å²) < 4.78 is 39.3. The lowest BCUT2D eigenvalue weighted by Gasteiger charge is -2.35. The third-order valence-corrected chi connectivity index (χ3v) is 5.79. The Bertz CT molecular complexity index is 863. The molecule has 1 aromatic heterocycles. The minimum Gasteiger partial charge on any atom is -0.333 e. The molecule has 128 valence electrons. The molecule has 0 radical (unpaired) electrons. The molecule has 24 heavy (non-hydrogen) atoms. The smallest absolute Gasteiger partial charge is 0.227 e. The summed E-state index contributed by atoms with van der Waals surface area (Å²) in [4.78, 5) is 14.2. The van der Waals surface area contributed by atoms with Gasteiger partial charge in [0.25, 0.3) is 0 Å². The third kappa shape index (κ3) is 3.48. The highest BCUT2D eigenvalue weighted by Crippen LogP contribution is 2.27. The van der Waals surface area contributed by atoms with Crippen LogP contribution in [0.3, 0.4) is 0 Å². The van der Waals surface area contributed by atoms with Crippen LogP contribution in [0.25, 0.3) is 0 Å². The van der Waals surface area contributed by atoms with Crippen molar-refractivity contribution in [2.24, 2.45) is 7.05 Å². The number of benzene rings is 1. The maximum absolute atomic E-state index is 13.8. The van der Waals surface area contributed by atoms with E-state index in [-0.39, 0.29) is 30.4 Å². The van der Waals surface area contributed by atoms with Gasteiger partial charge in [-0.3, -0.25) is 9.48 Å². The lowest BCUT2D eigenvalue weighted by atomic mass is 10.1. The Balaban J connectivity index is 1.86. The van der Waals surface area contributed by atoms with E-state index in [1.54, 1.807) is 42.3 Å². The molecule has 2 aromatic rings. The zero-order valence-corrected chi connectivity index (χ0v) is 14.0. The Kier molecular flexibility index (Phi) is 4.40. The Morgan fingerprint density at radius 1 is 1.38 bits per heavy atom. The Morgan fingerprint density at radius 3 is 2.79 bits per heavy atom. The van der Waals surface area contributed by atoms with Crippen molar-refractivity contribution in [3.8, 4) is 0 Å². The summed E-state index contributed by atoms with van der Waals surface area (Å²) in [5.74, 6) is -0.939. The van der Waals surface area contributed by atoms with E-state index < -0.39 is 21.7 Å². The van der Waals surface area contributed by atoms with Crippen LogP contribution < -0.4 is 0 Å². The average Bonchev–Trinajstić information content (AvgIpc) is 2.95. The molecular weight excluding hydrogens is 333 g/mol. The van der Waals surface area contributed by atoms with E-state index in [4.69, 9.17) is 0 Å². The van der Waals surface area contributed by atoms with Gasteiger partial charge < -0.3 is 4.90 Å². The van der Waals surface area contributed by atoms with E-state index >= 15 is 0 Å². The minimum absolute atomic E-state index is 0.0766. The second-order valence-corrected chi connectivity index (χ2v) is 8.16. The molecule has 1 aliphatic heterocycles. The second kappa shape index (κ2) is 6.35. The number of amides is 1. The van der Waals surface area contributed by atoms with Crippen molar-refractivity contribution in [3.05, 3.63) is 53.6 Å². The molecule has 1 saturated heterocycles. The summed E-state index contributed by atoms with van der Waals surface area (Å²) in [6.45, 7) is 0.106. The van der Waals surface area contributed by atoms with Gasteiger partial charge in [0, 0.05) is 25.4 Å². The largest absolute Gasteiger partial charge is 0.333 e. The van der Waals surface area contributed by atoms with Crippen molar-refractivity contribution in [1.29, 1.82) is 0 Å². The lowest BCUT2D eigenvalue weighted by molar-refractivity contribution is -0.132. The zero-order chi connectivity index (χ0) is 17.3. The number of carbonyl (C=O) groups excluding carboxylic acids is 1. The number of sulfone groups is 1. The normalized spacial score (nSPS) is 20.1. The van der Waals surface area contributed by atoms with Crippen LogP contribution >= 0.6 is 0 Å². The van der Waals surface area contributed by atoms with Gasteiger partial charge in [-0.15, -0.1) is 0 Å². The first-order chi connectivity index (χ1) is 11.4. The molecule has 0 N–H and O–H groups in total. The van der Waals surface area contributed by atoms with Gasteiger partial charge in [-0.25, -0.2) is 12.8 Å². The van der Waals surface area contributed by atoms with Crippen molar-refractivity contribution >= 4 is 15.7 Å². The van der Waals surface area contributed by atoms with E-state index in [9.17, 15) is 17.6 Å². The fraction of sp³-hybridized carbons (Fsp3) is 0.375. The summed E-state index contributed by atoms with van der Waals surface area (Å²) in [5.41, 5.74) is 0.975. The van der Waals surface area contributed by atoms with Gasteiger partial charge in [0.2, 0.25) is 5.91 Å². The summed E-state index contributed by atoms with van der Waals surface area (Å²) >= 11 is 0. The molecule has 6 nitrogen and oxygen atoms in total. The summed E-state index contributed by atoms with van der Waals surface area (Å²) in [6.07, 6.45) is 3.17. The van der Waals surface area contributed by atoms with Gasteiger partial charge in [0.05, 0.1) is 30.2 Å². The predicted octanol–water partition coefficient (Wildman–Crippen LogP) is 1.10. The van der Waals surface area contributed by atoms with Crippen LogP contribution in [0, 0.1) is 5.82 Å². The van der Waals surface area contributed by atoms with Gasteiger partial charge >= 0.3 is 0 Å². The number of aryl methyl sites for hydroxylation is 1. The first-order valence-electron chi connectivity index (χ1n) is 7.57. The molecule has 0 aliphatic carbocycles.